The summed E-state index contributed by atoms with van der Waals surface area (Å²) in [5.41, 5.74) is 3.62. The van der Waals surface area contributed by atoms with Crippen LogP contribution in [0.15, 0.2) is 42.5 Å². The molecule has 0 aromatic heterocycles. The van der Waals surface area contributed by atoms with Gasteiger partial charge in [0, 0.05) is 5.69 Å². The quantitative estimate of drug-likeness (QED) is 0.779. The number of amides is 1. The molecule has 0 heterocycles. The number of hydrogen-bond acceptors (Lipinski definition) is 4. The summed E-state index contributed by atoms with van der Waals surface area (Å²) in [6.45, 7) is 3.77. The molecule has 0 saturated carbocycles. The number of carbonyl (C=O) groups excluding carboxylic acids is 2. The van der Waals surface area contributed by atoms with Gasteiger partial charge in [-0.2, -0.15) is 0 Å². The third-order valence-corrected chi connectivity index (χ3v) is 4.64. The minimum atomic E-state index is -0.655. The van der Waals surface area contributed by atoms with Gasteiger partial charge in [-0.05, 0) is 81.0 Å². The summed E-state index contributed by atoms with van der Waals surface area (Å²) < 4.78 is 10.8. The molecule has 1 N–H and O–H groups in total. The Morgan fingerprint density at radius 1 is 1.07 bits per heavy atom. The largest absolute Gasteiger partial charge is 0.481 e. The van der Waals surface area contributed by atoms with Crippen molar-refractivity contribution >= 4 is 17.6 Å². The number of hydrogen-bond donors (Lipinski definition) is 1. The van der Waals surface area contributed by atoms with E-state index in [1.807, 2.05) is 12.1 Å². The molecule has 1 atom stereocenters. The van der Waals surface area contributed by atoms with E-state index in [4.69, 9.17) is 9.47 Å². The van der Waals surface area contributed by atoms with Crippen LogP contribution in [0.4, 0.5) is 5.69 Å². The van der Waals surface area contributed by atoms with Crippen molar-refractivity contribution in [2.24, 2.45) is 0 Å². The summed E-state index contributed by atoms with van der Waals surface area (Å²) in [6.07, 6.45) is 3.95. The van der Waals surface area contributed by atoms with Gasteiger partial charge in [-0.3, -0.25) is 4.79 Å². The third kappa shape index (κ3) is 4.88. The lowest BCUT2D eigenvalue weighted by atomic mass is 9.92. The molecule has 3 rings (SSSR count). The first-order valence-electron chi connectivity index (χ1n) is 9.43. The zero-order valence-electron chi connectivity index (χ0n) is 15.8. The molecule has 0 fully saturated rings. The number of aryl methyl sites for hydroxylation is 2. The van der Waals surface area contributed by atoms with Crippen LogP contribution in [-0.4, -0.2) is 24.6 Å². The molecule has 1 aliphatic carbocycles. The summed E-state index contributed by atoms with van der Waals surface area (Å²) in [4.78, 5) is 24.3. The highest BCUT2D eigenvalue weighted by Crippen LogP contribution is 2.26. The molecule has 1 aliphatic rings. The molecular weight excluding hydrogens is 342 g/mol. The van der Waals surface area contributed by atoms with Crippen molar-refractivity contribution in [2.45, 2.75) is 45.6 Å². The minimum absolute atomic E-state index is 0.270. The number of carbonyl (C=O) groups is 2. The maximum Gasteiger partial charge on any atom is 0.338 e. The van der Waals surface area contributed by atoms with E-state index in [0.717, 1.165) is 12.8 Å². The molecule has 2 aromatic rings. The first-order chi connectivity index (χ1) is 13.1. The standard InChI is InChI=1S/C22H25NO4/c1-3-26-22(25)18-9-6-10-19(13-18)23-21(24)15(2)27-20-12-11-16-7-4-5-8-17(16)14-20/h6,9-15H,3-5,7-8H2,1-2H3,(H,23,24)/t15-/m1/s1. The van der Waals surface area contributed by atoms with Gasteiger partial charge in [0.25, 0.3) is 5.91 Å². The summed E-state index contributed by atoms with van der Waals surface area (Å²) in [5, 5.41) is 2.79. The Hall–Kier alpha value is -2.82. The van der Waals surface area contributed by atoms with Crippen LogP contribution in [0, 0.1) is 0 Å². The van der Waals surface area contributed by atoms with Crippen molar-refractivity contribution in [1.29, 1.82) is 0 Å². The average molecular weight is 367 g/mol. The first-order valence-corrected chi connectivity index (χ1v) is 9.43. The molecule has 0 bridgehead atoms. The Kier molecular flexibility index (Phi) is 6.12. The SMILES string of the molecule is CCOC(=O)c1cccc(NC(=O)[C@@H](C)Oc2ccc3c(c2)CCCC3)c1. The van der Waals surface area contributed by atoms with E-state index in [0.29, 0.717) is 23.6 Å². The predicted octanol–water partition coefficient (Wildman–Crippen LogP) is 4.15. The molecule has 2 aromatic carbocycles. The van der Waals surface area contributed by atoms with Crippen molar-refractivity contribution in [3.63, 3.8) is 0 Å². The Labute approximate surface area is 159 Å². The lowest BCUT2D eigenvalue weighted by molar-refractivity contribution is -0.122. The summed E-state index contributed by atoms with van der Waals surface area (Å²) in [7, 11) is 0. The fourth-order valence-electron chi connectivity index (χ4n) is 3.22. The van der Waals surface area contributed by atoms with Gasteiger partial charge in [0.1, 0.15) is 5.75 Å². The Morgan fingerprint density at radius 3 is 2.63 bits per heavy atom. The second-order valence-corrected chi connectivity index (χ2v) is 6.69. The van der Waals surface area contributed by atoms with Gasteiger partial charge in [0.05, 0.1) is 12.2 Å². The molecule has 5 heteroatoms. The molecular formula is C22H25NO4. The van der Waals surface area contributed by atoms with Crippen LogP contribution in [0.5, 0.6) is 5.75 Å². The molecule has 0 saturated heterocycles. The maximum absolute atomic E-state index is 12.5. The third-order valence-electron chi connectivity index (χ3n) is 4.64. The van der Waals surface area contributed by atoms with E-state index in [-0.39, 0.29) is 5.91 Å². The van der Waals surface area contributed by atoms with E-state index >= 15 is 0 Å². The number of benzene rings is 2. The summed E-state index contributed by atoms with van der Waals surface area (Å²) >= 11 is 0. The van der Waals surface area contributed by atoms with Gasteiger partial charge in [-0.15, -0.1) is 0 Å². The molecule has 0 aliphatic heterocycles. The van der Waals surface area contributed by atoms with Crippen molar-refractivity contribution in [1.82, 2.24) is 0 Å². The van der Waals surface area contributed by atoms with E-state index in [1.165, 1.54) is 24.0 Å². The number of rotatable bonds is 6. The van der Waals surface area contributed by atoms with Crippen molar-refractivity contribution in [3.8, 4) is 5.75 Å². The zero-order valence-corrected chi connectivity index (χ0v) is 15.8. The highest BCUT2D eigenvalue weighted by atomic mass is 16.5. The predicted molar refractivity (Wildman–Crippen MR) is 104 cm³/mol. The normalized spacial score (nSPS) is 14.0. The molecule has 27 heavy (non-hydrogen) atoms. The lowest BCUT2D eigenvalue weighted by Gasteiger charge is -2.19. The van der Waals surface area contributed by atoms with Crippen LogP contribution in [0.2, 0.25) is 0 Å². The van der Waals surface area contributed by atoms with E-state index in [9.17, 15) is 9.59 Å². The van der Waals surface area contributed by atoms with Crippen LogP contribution < -0.4 is 10.1 Å². The van der Waals surface area contributed by atoms with Gasteiger partial charge < -0.3 is 14.8 Å². The number of nitrogens with one attached hydrogen (secondary N) is 1. The highest BCUT2D eigenvalue weighted by molar-refractivity contribution is 5.96. The Bertz CT molecular complexity index is 831. The van der Waals surface area contributed by atoms with Gasteiger partial charge in [-0.1, -0.05) is 12.1 Å². The smallest absolute Gasteiger partial charge is 0.338 e. The summed E-state index contributed by atoms with van der Waals surface area (Å²) in [6, 6.07) is 12.7. The van der Waals surface area contributed by atoms with E-state index in [2.05, 4.69) is 11.4 Å². The number of anilines is 1. The maximum atomic E-state index is 12.5. The average Bonchev–Trinajstić information content (AvgIpc) is 2.68. The van der Waals surface area contributed by atoms with Crippen molar-refractivity contribution < 1.29 is 19.1 Å². The van der Waals surface area contributed by atoms with E-state index < -0.39 is 12.1 Å². The number of fused-ring (bicyclic) bond motifs is 1. The monoisotopic (exact) mass is 367 g/mol. The van der Waals surface area contributed by atoms with Crippen LogP contribution in [-0.2, 0) is 22.4 Å². The minimum Gasteiger partial charge on any atom is -0.481 e. The van der Waals surface area contributed by atoms with Crippen LogP contribution in [0.1, 0.15) is 48.2 Å². The van der Waals surface area contributed by atoms with Crippen molar-refractivity contribution in [3.05, 3.63) is 59.2 Å². The van der Waals surface area contributed by atoms with Gasteiger partial charge >= 0.3 is 5.97 Å². The molecule has 0 unspecified atom stereocenters. The fraction of sp³-hybridized carbons (Fsp3) is 0.364. The molecule has 5 nitrogen and oxygen atoms in total. The van der Waals surface area contributed by atoms with E-state index in [1.54, 1.807) is 38.1 Å². The van der Waals surface area contributed by atoms with Gasteiger partial charge in [0.15, 0.2) is 6.10 Å². The Morgan fingerprint density at radius 2 is 1.85 bits per heavy atom. The second kappa shape index (κ2) is 8.71. The van der Waals surface area contributed by atoms with Gasteiger partial charge in [-0.25, -0.2) is 4.79 Å². The van der Waals surface area contributed by atoms with Crippen LogP contribution in [0.25, 0.3) is 0 Å². The molecule has 0 radical (unpaired) electrons. The van der Waals surface area contributed by atoms with Crippen molar-refractivity contribution in [2.75, 3.05) is 11.9 Å². The van der Waals surface area contributed by atoms with Crippen LogP contribution in [0.3, 0.4) is 0 Å². The number of ether oxygens (including phenoxy) is 2. The summed E-state index contributed by atoms with van der Waals surface area (Å²) in [5.74, 6) is 0.0271. The lowest BCUT2D eigenvalue weighted by Crippen LogP contribution is -2.30. The second-order valence-electron chi connectivity index (χ2n) is 6.69. The molecule has 142 valence electrons. The van der Waals surface area contributed by atoms with Gasteiger partial charge in [0.2, 0.25) is 0 Å². The molecule has 1 amide bonds. The first kappa shape index (κ1) is 19.0. The number of esters is 1. The highest BCUT2D eigenvalue weighted by Gasteiger charge is 2.17. The molecule has 0 spiro atoms. The fourth-order valence-corrected chi connectivity index (χ4v) is 3.22. The zero-order chi connectivity index (χ0) is 19.2. The topological polar surface area (TPSA) is 64.6 Å². The Balaban J connectivity index is 1.62. The van der Waals surface area contributed by atoms with Crippen LogP contribution >= 0.6 is 0 Å².